The van der Waals surface area contributed by atoms with Crippen molar-refractivity contribution in [3.05, 3.63) is 53.9 Å². The lowest BCUT2D eigenvalue weighted by Crippen LogP contribution is -2.31. The Morgan fingerprint density at radius 3 is 2.54 bits per heavy atom. The molecule has 0 spiro atoms. The van der Waals surface area contributed by atoms with Crippen LogP contribution in [0.4, 0.5) is 10.5 Å². The lowest BCUT2D eigenvalue weighted by molar-refractivity contribution is 0.248. The fourth-order valence-electron chi connectivity index (χ4n) is 2.71. The van der Waals surface area contributed by atoms with Gasteiger partial charge in [-0.3, -0.25) is 0 Å². The largest absolute Gasteiger partial charge is 0.459 e. The van der Waals surface area contributed by atoms with E-state index < -0.39 is 15.9 Å². The van der Waals surface area contributed by atoms with E-state index in [-0.39, 0.29) is 11.1 Å². The first-order valence-electron chi connectivity index (χ1n) is 7.97. The first kappa shape index (κ1) is 17.9. The number of amides is 2. The highest BCUT2D eigenvalue weighted by Crippen LogP contribution is 2.29. The number of carbonyl (C=O) groups is 1. The highest BCUT2D eigenvalue weighted by molar-refractivity contribution is 7.90. The number of anilines is 1. The predicted molar refractivity (Wildman–Crippen MR) is 98.9 cm³/mol. The summed E-state index contributed by atoms with van der Waals surface area (Å²) in [5.41, 5.74) is 2.14. The van der Waals surface area contributed by atoms with Gasteiger partial charge in [-0.25, -0.2) is 18.2 Å². The summed E-state index contributed by atoms with van der Waals surface area (Å²) in [7, 11) is -3.37. The van der Waals surface area contributed by atoms with E-state index in [9.17, 15) is 13.2 Å². The van der Waals surface area contributed by atoms with Crippen molar-refractivity contribution in [3.8, 4) is 0 Å². The number of hydrogen-bond acceptors (Lipinski definition) is 5. The lowest BCUT2D eigenvalue weighted by Gasteiger charge is -2.13. The molecule has 0 aliphatic heterocycles. The fraction of sp³-hybridized carbons (Fsp3) is 0.222. The number of sulfone groups is 1. The maximum atomic E-state index is 12.2. The second-order valence-electron chi connectivity index (χ2n) is 6.06. The molecule has 0 radical (unpaired) electrons. The third-order valence-electron chi connectivity index (χ3n) is 4.00. The number of hydrogen-bond donors (Lipinski definition) is 2. The van der Waals surface area contributed by atoms with Crippen LogP contribution in [0.25, 0.3) is 11.0 Å². The highest BCUT2D eigenvalue weighted by atomic mass is 32.2. The van der Waals surface area contributed by atoms with Gasteiger partial charge < -0.3 is 15.1 Å². The van der Waals surface area contributed by atoms with Gasteiger partial charge in [-0.15, -0.1) is 0 Å². The molecule has 8 heteroatoms. The van der Waals surface area contributed by atoms with Crippen LogP contribution >= 0.6 is 0 Å². The van der Waals surface area contributed by atoms with Crippen molar-refractivity contribution in [1.82, 2.24) is 10.3 Å². The van der Waals surface area contributed by atoms with E-state index in [0.29, 0.717) is 11.4 Å². The van der Waals surface area contributed by atoms with Gasteiger partial charge >= 0.3 is 6.03 Å². The quantitative estimate of drug-likeness (QED) is 0.730. The normalized spacial score (nSPS) is 12.7. The van der Waals surface area contributed by atoms with E-state index in [1.165, 1.54) is 18.3 Å². The number of nitrogens with zero attached hydrogens (tertiary/aromatic N) is 1. The topological polar surface area (TPSA) is 101 Å². The number of fused-ring (bicyclic) bond motifs is 1. The minimum absolute atomic E-state index is 0.0465. The molecule has 0 bridgehead atoms. The number of carbonyl (C=O) groups excluding carboxylic acids is 1. The van der Waals surface area contributed by atoms with Gasteiger partial charge in [0.05, 0.1) is 17.9 Å². The molecule has 3 rings (SSSR count). The van der Waals surface area contributed by atoms with Crippen LogP contribution < -0.4 is 10.6 Å². The van der Waals surface area contributed by atoms with Crippen molar-refractivity contribution in [1.29, 1.82) is 0 Å². The van der Waals surface area contributed by atoms with Crippen molar-refractivity contribution in [3.63, 3.8) is 0 Å². The molecule has 26 heavy (non-hydrogen) atoms. The Balaban J connectivity index is 1.70. The Kier molecular flexibility index (Phi) is 4.69. The zero-order valence-electron chi connectivity index (χ0n) is 14.6. The van der Waals surface area contributed by atoms with E-state index in [0.717, 1.165) is 22.8 Å². The molecule has 2 aromatic heterocycles. The standard InChI is InChI=1S/C18H19N3O4S/c1-11-14-6-4-5-7-15(14)25-17(11)12(2)20-18(22)21-13-8-9-16(19-10-13)26(3,23)24/h4-10,12H,1-3H3,(H2,20,21,22)/t12-/m0/s1. The molecule has 0 saturated carbocycles. The lowest BCUT2D eigenvalue weighted by atomic mass is 10.1. The minimum Gasteiger partial charge on any atom is -0.459 e. The molecule has 1 atom stereocenters. The summed E-state index contributed by atoms with van der Waals surface area (Å²) in [6, 6.07) is 9.74. The van der Waals surface area contributed by atoms with Gasteiger partial charge in [0.25, 0.3) is 0 Å². The van der Waals surface area contributed by atoms with Gasteiger partial charge in [0.2, 0.25) is 0 Å². The summed E-state index contributed by atoms with van der Waals surface area (Å²) in [5, 5.41) is 6.39. The summed E-state index contributed by atoms with van der Waals surface area (Å²) in [5.74, 6) is 0.687. The van der Waals surface area contributed by atoms with Crippen LogP contribution in [-0.2, 0) is 9.84 Å². The summed E-state index contributed by atoms with van der Waals surface area (Å²) in [6.45, 7) is 3.78. The second kappa shape index (κ2) is 6.80. The molecule has 2 N–H and O–H groups in total. The van der Waals surface area contributed by atoms with Crippen molar-refractivity contribution in [2.24, 2.45) is 0 Å². The monoisotopic (exact) mass is 373 g/mol. The Bertz CT molecular complexity index is 1060. The van der Waals surface area contributed by atoms with Crippen LogP contribution in [0, 0.1) is 6.92 Å². The maximum Gasteiger partial charge on any atom is 0.319 e. The molecule has 136 valence electrons. The number of rotatable bonds is 4. The zero-order chi connectivity index (χ0) is 18.9. The smallest absolute Gasteiger partial charge is 0.319 e. The van der Waals surface area contributed by atoms with Gasteiger partial charge in [0, 0.05) is 17.2 Å². The van der Waals surface area contributed by atoms with E-state index in [1.807, 2.05) is 38.1 Å². The first-order valence-corrected chi connectivity index (χ1v) is 9.86. The van der Waals surface area contributed by atoms with Gasteiger partial charge in [-0.1, -0.05) is 18.2 Å². The van der Waals surface area contributed by atoms with E-state index in [2.05, 4.69) is 15.6 Å². The van der Waals surface area contributed by atoms with Crippen molar-refractivity contribution >= 4 is 32.5 Å². The Morgan fingerprint density at radius 1 is 1.19 bits per heavy atom. The van der Waals surface area contributed by atoms with E-state index in [4.69, 9.17) is 4.42 Å². The maximum absolute atomic E-state index is 12.2. The molecular formula is C18H19N3O4S. The van der Waals surface area contributed by atoms with Crippen molar-refractivity contribution in [2.45, 2.75) is 24.9 Å². The zero-order valence-corrected chi connectivity index (χ0v) is 15.4. The average molecular weight is 373 g/mol. The molecule has 0 saturated heterocycles. The third kappa shape index (κ3) is 3.70. The first-order chi connectivity index (χ1) is 12.3. The molecular weight excluding hydrogens is 354 g/mol. The summed E-state index contributed by atoms with van der Waals surface area (Å²) in [6.07, 6.45) is 2.37. The second-order valence-corrected chi connectivity index (χ2v) is 8.03. The SMILES string of the molecule is Cc1c([C@H](C)NC(=O)Nc2ccc(S(C)(=O)=O)nc2)oc2ccccc12. The number of aryl methyl sites for hydroxylation is 1. The molecule has 0 fully saturated rings. The number of benzene rings is 1. The average Bonchev–Trinajstić information content (AvgIpc) is 2.92. The highest BCUT2D eigenvalue weighted by Gasteiger charge is 2.18. The Morgan fingerprint density at radius 2 is 1.92 bits per heavy atom. The molecule has 0 aliphatic rings. The van der Waals surface area contributed by atoms with Crippen LogP contribution in [0.3, 0.4) is 0 Å². The van der Waals surface area contributed by atoms with E-state index in [1.54, 1.807) is 0 Å². The number of furan rings is 1. The summed E-state index contributed by atoms with van der Waals surface area (Å²) < 4.78 is 28.6. The summed E-state index contributed by atoms with van der Waals surface area (Å²) >= 11 is 0. The molecule has 2 amide bonds. The predicted octanol–water partition coefficient (Wildman–Crippen LogP) is 3.42. The number of pyridine rings is 1. The molecule has 7 nitrogen and oxygen atoms in total. The third-order valence-corrected chi connectivity index (χ3v) is 5.00. The number of para-hydroxylation sites is 1. The molecule has 2 heterocycles. The number of aromatic nitrogens is 1. The summed E-state index contributed by atoms with van der Waals surface area (Å²) in [4.78, 5) is 16.0. The van der Waals surface area contributed by atoms with Crippen molar-refractivity contribution < 1.29 is 17.6 Å². The van der Waals surface area contributed by atoms with Crippen LogP contribution in [-0.4, -0.2) is 25.7 Å². The van der Waals surface area contributed by atoms with Gasteiger partial charge in [-0.2, -0.15) is 0 Å². The molecule has 3 aromatic rings. The Labute approximate surface area is 151 Å². The van der Waals surface area contributed by atoms with Crippen LogP contribution in [0.2, 0.25) is 0 Å². The molecule has 0 unspecified atom stereocenters. The van der Waals surface area contributed by atoms with Crippen molar-refractivity contribution in [2.75, 3.05) is 11.6 Å². The van der Waals surface area contributed by atoms with Gasteiger partial charge in [0.15, 0.2) is 14.9 Å². The fourth-order valence-corrected chi connectivity index (χ4v) is 3.27. The molecule has 0 aliphatic carbocycles. The minimum atomic E-state index is -3.37. The number of nitrogens with one attached hydrogen (secondary N) is 2. The molecule has 1 aromatic carbocycles. The van der Waals surface area contributed by atoms with E-state index >= 15 is 0 Å². The van der Waals surface area contributed by atoms with Gasteiger partial charge in [0.1, 0.15) is 11.3 Å². The van der Waals surface area contributed by atoms with Crippen LogP contribution in [0.15, 0.2) is 52.0 Å². The van der Waals surface area contributed by atoms with Crippen LogP contribution in [0.1, 0.15) is 24.3 Å². The Hall–Kier alpha value is -2.87. The number of urea groups is 1. The van der Waals surface area contributed by atoms with Gasteiger partial charge in [-0.05, 0) is 32.0 Å². The van der Waals surface area contributed by atoms with Crippen LogP contribution in [0.5, 0.6) is 0 Å².